The second-order valence-electron chi connectivity index (χ2n) is 7.75. The number of hydrogen-bond acceptors (Lipinski definition) is 4. The Labute approximate surface area is 186 Å². The molecule has 1 N–H and O–H groups in total. The Bertz CT molecular complexity index is 1090. The van der Waals surface area contributed by atoms with Gasteiger partial charge in [-0.25, -0.2) is 0 Å². The van der Waals surface area contributed by atoms with Crippen molar-refractivity contribution in [2.24, 2.45) is 5.92 Å². The van der Waals surface area contributed by atoms with Crippen LogP contribution in [0, 0.1) is 12.8 Å². The molecule has 0 aliphatic carbocycles. The molecule has 1 aliphatic rings. The van der Waals surface area contributed by atoms with E-state index in [1.54, 1.807) is 23.3 Å². The molecule has 160 valence electrons. The van der Waals surface area contributed by atoms with Crippen LogP contribution in [0.4, 0.5) is 0 Å². The summed E-state index contributed by atoms with van der Waals surface area (Å²) in [4.78, 5) is 28.8. The number of para-hydroxylation sites is 1. The third-order valence-electron chi connectivity index (χ3n) is 5.64. The molecule has 0 radical (unpaired) electrons. The number of nitrogens with one attached hydrogen (secondary N) is 1. The van der Waals surface area contributed by atoms with Crippen molar-refractivity contribution in [1.29, 1.82) is 0 Å². The van der Waals surface area contributed by atoms with Crippen LogP contribution in [0.1, 0.15) is 20.8 Å². The van der Waals surface area contributed by atoms with Gasteiger partial charge in [0.15, 0.2) is 0 Å². The Morgan fingerprint density at radius 1 is 1.16 bits per heavy atom. The van der Waals surface area contributed by atoms with Gasteiger partial charge in [-0.2, -0.15) is 0 Å². The molecule has 6 heteroatoms. The molecule has 2 heterocycles. The van der Waals surface area contributed by atoms with E-state index in [0.717, 1.165) is 27.3 Å². The molecule has 0 spiro atoms. The van der Waals surface area contributed by atoms with Crippen LogP contribution in [0.3, 0.4) is 0 Å². The first-order valence-corrected chi connectivity index (χ1v) is 11.3. The fraction of sp³-hybridized carbons (Fsp3) is 0.280. The van der Waals surface area contributed by atoms with Crippen molar-refractivity contribution in [3.05, 3.63) is 76.0 Å². The molecule has 1 unspecified atom stereocenters. The van der Waals surface area contributed by atoms with Gasteiger partial charge in [0.1, 0.15) is 5.75 Å². The monoisotopic (exact) mass is 434 g/mol. The Morgan fingerprint density at radius 2 is 1.90 bits per heavy atom. The SMILES string of the molecule is COc1ccccc1-c1ccccc1CC1CN(C(=O)c2csc(C)c2)CCNC1=O. The van der Waals surface area contributed by atoms with Gasteiger partial charge in [0.25, 0.3) is 5.91 Å². The second-order valence-corrected chi connectivity index (χ2v) is 8.86. The van der Waals surface area contributed by atoms with Crippen LogP contribution in [0.5, 0.6) is 5.75 Å². The summed E-state index contributed by atoms with van der Waals surface area (Å²) in [6.07, 6.45) is 0.548. The van der Waals surface area contributed by atoms with Gasteiger partial charge < -0.3 is 15.0 Å². The molecule has 1 fully saturated rings. The molecule has 2 amide bonds. The van der Waals surface area contributed by atoms with Crippen LogP contribution in [0.2, 0.25) is 0 Å². The van der Waals surface area contributed by atoms with Crippen molar-refractivity contribution in [2.45, 2.75) is 13.3 Å². The van der Waals surface area contributed by atoms with Crippen LogP contribution in [0.15, 0.2) is 60.0 Å². The van der Waals surface area contributed by atoms with E-state index < -0.39 is 0 Å². The largest absolute Gasteiger partial charge is 0.496 e. The van der Waals surface area contributed by atoms with Gasteiger partial charge in [-0.1, -0.05) is 42.5 Å². The topological polar surface area (TPSA) is 58.6 Å². The van der Waals surface area contributed by atoms with Crippen LogP contribution in [-0.4, -0.2) is 43.5 Å². The molecule has 31 heavy (non-hydrogen) atoms. The van der Waals surface area contributed by atoms with E-state index in [0.29, 0.717) is 31.6 Å². The summed E-state index contributed by atoms with van der Waals surface area (Å²) in [6, 6.07) is 17.9. The van der Waals surface area contributed by atoms with Crippen molar-refractivity contribution in [1.82, 2.24) is 10.2 Å². The number of ether oxygens (including phenoxy) is 1. The second kappa shape index (κ2) is 9.35. The highest BCUT2D eigenvalue weighted by molar-refractivity contribution is 7.10. The van der Waals surface area contributed by atoms with Crippen LogP contribution in [-0.2, 0) is 11.2 Å². The van der Waals surface area contributed by atoms with E-state index in [1.807, 2.05) is 60.8 Å². The summed E-state index contributed by atoms with van der Waals surface area (Å²) >= 11 is 1.57. The number of rotatable bonds is 5. The van der Waals surface area contributed by atoms with Gasteiger partial charge >= 0.3 is 0 Å². The molecule has 2 aromatic carbocycles. The van der Waals surface area contributed by atoms with Crippen molar-refractivity contribution < 1.29 is 14.3 Å². The number of methoxy groups -OCH3 is 1. The molecule has 1 atom stereocenters. The maximum absolute atomic E-state index is 13.0. The minimum atomic E-state index is -0.318. The van der Waals surface area contributed by atoms with Gasteiger partial charge in [0.2, 0.25) is 5.91 Å². The lowest BCUT2D eigenvalue weighted by Gasteiger charge is -2.23. The first kappa shape index (κ1) is 21.1. The maximum Gasteiger partial charge on any atom is 0.254 e. The summed E-state index contributed by atoms with van der Waals surface area (Å²) in [7, 11) is 1.66. The predicted octanol–water partition coefficient (Wildman–Crippen LogP) is 4.16. The molecule has 0 bridgehead atoms. The minimum absolute atomic E-state index is 0.00775. The molecule has 1 aliphatic heterocycles. The minimum Gasteiger partial charge on any atom is -0.496 e. The van der Waals surface area contributed by atoms with Crippen LogP contribution < -0.4 is 10.1 Å². The number of nitrogens with zero attached hydrogens (tertiary/aromatic N) is 1. The lowest BCUT2D eigenvalue weighted by molar-refractivity contribution is -0.124. The predicted molar refractivity (Wildman–Crippen MR) is 124 cm³/mol. The highest BCUT2D eigenvalue weighted by Gasteiger charge is 2.29. The number of amides is 2. The number of thiophene rings is 1. The third kappa shape index (κ3) is 4.64. The lowest BCUT2D eigenvalue weighted by Crippen LogP contribution is -2.37. The normalized spacial score (nSPS) is 16.5. The number of hydrogen-bond donors (Lipinski definition) is 1. The summed E-state index contributed by atoms with van der Waals surface area (Å²) in [6.45, 7) is 3.38. The molecule has 0 saturated carbocycles. The third-order valence-corrected chi connectivity index (χ3v) is 6.50. The van der Waals surface area contributed by atoms with Crippen LogP contribution in [0.25, 0.3) is 11.1 Å². The van der Waals surface area contributed by atoms with E-state index >= 15 is 0 Å². The fourth-order valence-electron chi connectivity index (χ4n) is 4.07. The Kier molecular flexibility index (Phi) is 6.37. The van der Waals surface area contributed by atoms with E-state index in [1.165, 1.54) is 0 Å². The molecule has 3 aromatic rings. The average molecular weight is 435 g/mol. The highest BCUT2D eigenvalue weighted by Crippen LogP contribution is 2.33. The Morgan fingerprint density at radius 3 is 2.65 bits per heavy atom. The smallest absolute Gasteiger partial charge is 0.254 e. The zero-order valence-electron chi connectivity index (χ0n) is 17.8. The van der Waals surface area contributed by atoms with E-state index in [4.69, 9.17) is 4.74 Å². The Hall–Kier alpha value is -3.12. The molecule has 1 saturated heterocycles. The molecule has 4 rings (SSSR count). The summed E-state index contributed by atoms with van der Waals surface area (Å²) < 4.78 is 5.55. The first-order chi connectivity index (χ1) is 15.1. The summed E-state index contributed by atoms with van der Waals surface area (Å²) in [5.41, 5.74) is 3.80. The van der Waals surface area contributed by atoms with Gasteiger partial charge in [0, 0.05) is 35.5 Å². The van der Waals surface area contributed by atoms with Crippen molar-refractivity contribution in [3.63, 3.8) is 0 Å². The number of carbonyl (C=O) groups excluding carboxylic acids is 2. The molecular weight excluding hydrogens is 408 g/mol. The number of carbonyl (C=O) groups is 2. The van der Waals surface area contributed by atoms with E-state index in [2.05, 4.69) is 11.4 Å². The van der Waals surface area contributed by atoms with Crippen molar-refractivity contribution >= 4 is 23.2 Å². The zero-order chi connectivity index (χ0) is 21.8. The zero-order valence-corrected chi connectivity index (χ0v) is 18.6. The maximum atomic E-state index is 13.0. The van der Waals surface area contributed by atoms with Gasteiger partial charge in [-0.05, 0) is 36.6 Å². The lowest BCUT2D eigenvalue weighted by atomic mass is 9.91. The molecular formula is C25H26N2O3S. The van der Waals surface area contributed by atoms with Gasteiger partial charge in [0.05, 0.1) is 18.6 Å². The van der Waals surface area contributed by atoms with Crippen molar-refractivity contribution in [3.8, 4) is 16.9 Å². The van der Waals surface area contributed by atoms with Crippen LogP contribution >= 0.6 is 11.3 Å². The molecule has 1 aromatic heterocycles. The highest BCUT2D eigenvalue weighted by atomic mass is 32.1. The van der Waals surface area contributed by atoms with E-state index in [-0.39, 0.29) is 17.7 Å². The Balaban J connectivity index is 1.61. The van der Waals surface area contributed by atoms with E-state index in [9.17, 15) is 9.59 Å². The van der Waals surface area contributed by atoms with Crippen molar-refractivity contribution in [2.75, 3.05) is 26.7 Å². The molecule has 5 nitrogen and oxygen atoms in total. The summed E-state index contributed by atoms with van der Waals surface area (Å²) in [5.74, 6) is 0.461. The quantitative estimate of drug-likeness (QED) is 0.656. The summed E-state index contributed by atoms with van der Waals surface area (Å²) in [5, 5.41) is 4.88. The number of aryl methyl sites for hydroxylation is 1. The fourth-order valence-corrected chi connectivity index (χ4v) is 4.75. The first-order valence-electron chi connectivity index (χ1n) is 10.4. The number of benzene rings is 2. The van der Waals surface area contributed by atoms with Gasteiger partial charge in [-0.15, -0.1) is 11.3 Å². The van der Waals surface area contributed by atoms with Gasteiger partial charge in [-0.3, -0.25) is 9.59 Å². The average Bonchev–Trinajstić information content (AvgIpc) is 3.15. The standard InChI is InChI=1S/C25H26N2O3S/c1-17-13-20(16-31-17)25(29)27-12-11-26-24(28)19(15-27)14-18-7-3-4-8-21(18)22-9-5-6-10-23(22)30-2/h3-10,13,16,19H,11-12,14-15H2,1-2H3,(H,26,28).